The van der Waals surface area contributed by atoms with Gasteiger partial charge >= 0.3 is 0 Å². The molecule has 1 heterocycles. The van der Waals surface area contributed by atoms with Crippen LogP contribution in [-0.4, -0.2) is 51.3 Å². The predicted molar refractivity (Wildman–Crippen MR) is 45.2 cm³/mol. The molecule has 0 saturated heterocycles. The number of aromatic nitrogens is 3. The first-order chi connectivity index (χ1) is 6.15. The monoisotopic (exact) mass is 184 g/mol. The van der Waals surface area contributed by atoms with Crippen LogP contribution in [0.5, 0.6) is 0 Å². The Morgan fingerprint density at radius 3 is 2.85 bits per heavy atom. The van der Waals surface area contributed by atoms with Crippen LogP contribution < -0.4 is 0 Å². The minimum Gasteiger partial charge on any atom is -0.395 e. The van der Waals surface area contributed by atoms with Crippen LogP contribution in [0.2, 0.25) is 0 Å². The van der Waals surface area contributed by atoms with E-state index in [0.717, 1.165) is 0 Å². The van der Waals surface area contributed by atoms with Crippen LogP contribution in [0.3, 0.4) is 0 Å². The zero-order valence-corrected chi connectivity index (χ0v) is 7.61. The molecule has 0 spiro atoms. The number of aliphatic hydroxyl groups excluding tert-OH is 1. The van der Waals surface area contributed by atoms with Gasteiger partial charge in [-0.1, -0.05) is 0 Å². The van der Waals surface area contributed by atoms with Gasteiger partial charge in [0.15, 0.2) is 0 Å². The van der Waals surface area contributed by atoms with Gasteiger partial charge in [-0.3, -0.25) is 9.89 Å². The summed E-state index contributed by atoms with van der Waals surface area (Å²) in [4.78, 5) is 16.7. The number of aromatic amines is 1. The Balaban J connectivity index is 2.67. The summed E-state index contributed by atoms with van der Waals surface area (Å²) in [5, 5.41) is 14.9. The van der Waals surface area contributed by atoms with E-state index in [0.29, 0.717) is 5.82 Å². The molecular formula is C7H12N4O2. The Morgan fingerprint density at radius 1 is 1.69 bits per heavy atom. The number of hydrogen-bond donors (Lipinski definition) is 2. The minimum atomic E-state index is -0.293. The predicted octanol–water partition coefficient (Wildman–Crippen LogP) is -0.823. The fourth-order valence-electron chi connectivity index (χ4n) is 0.861. The zero-order valence-electron chi connectivity index (χ0n) is 7.61. The molecule has 0 atom stereocenters. The fraction of sp³-hybridized carbons (Fsp3) is 0.571. The minimum absolute atomic E-state index is 0.0638. The molecule has 6 heteroatoms. The van der Waals surface area contributed by atoms with Gasteiger partial charge in [0.2, 0.25) is 5.82 Å². The largest absolute Gasteiger partial charge is 0.395 e. The average molecular weight is 184 g/mol. The van der Waals surface area contributed by atoms with E-state index in [4.69, 9.17) is 5.11 Å². The summed E-state index contributed by atoms with van der Waals surface area (Å²) in [5.41, 5.74) is 0. The zero-order chi connectivity index (χ0) is 9.84. The van der Waals surface area contributed by atoms with E-state index < -0.39 is 0 Å². The molecule has 1 amide bonds. The molecule has 0 saturated carbocycles. The Bertz CT molecular complexity index is 296. The molecule has 6 nitrogen and oxygen atoms in total. The molecular weight excluding hydrogens is 172 g/mol. The summed E-state index contributed by atoms with van der Waals surface area (Å²) in [5.74, 6) is 0.438. The van der Waals surface area contributed by atoms with Gasteiger partial charge in [-0.25, -0.2) is 4.98 Å². The molecule has 72 valence electrons. The lowest BCUT2D eigenvalue weighted by atomic mass is 10.5. The van der Waals surface area contributed by atoms with E-state index in [9.17, 15) is 4.79 Å². The van der Waals surface area contributed by atoms with E-state index in [1.54, 1.807) is 14.0 Å². The Kier molecular flexibility index (Phi) is 2.97. The van der Waals surface area contributed by atoms with Crippen molar-refractivity contribution in [1.82, 2.24) is 20.1 Å². The molecule has 0 aliphatic heterocycles. The van der Waals surface area contributed by atoms with Crippen molar-refractivity contribution in [3.8, 4) is 0 Å². The first-order valence-electron chi connectivity index (χ1n) is 3.90. The van der Waals surface area contributed by atoms with Gasteiger partial charge in [-0.15, -0.1) is 5.10 Å². The Hall–Kier alpha value is -1.43. The van der Waals surface area contributed by atoms with Gasteiger partial charge in [0.25, 0.3) is 5.91 Å². The summed E-state index contributed by atoms with van der Waals surface area (Å²) >= 11 is 0. The van der Waals surface area contributed by atoms with Crippen LogP contribution in [0.15, 0.2) is 0 Å². The molecule has 0 fully saturated rings. The molecule has 1 rings (SSSR count). The third-order valence-corrected chi connectivity index (χ3v) is 1.57. The number of hydrogen-bond acceptors (Lipinski definition) is 4. The lowest BCUT2D eigenvalue weighted by molar-refractivity contribution is 0.0755. The van der Waals surface area contributed by atoms with Crippen molar-refractivity contribution in [1.29, 1.82) is 0 Å². The first kappa shape index (κ1) is 9.66. The third kappa shape index (κ3) is 2.25. The van der Waals surface area contributed by atoms with Crippen LogP contribution in [0.4, 0.5) is 0 Å². The highest BCUT2D eigenvalue weighted by Gasteiger charge is 2.15. The normalized spacial score (nSPS) is 10.1. The molecule has 1 aromatic rings. The number of nitrogens with one attached hydrogen (secondary N) is 1. The van der Waals surface area contributed by atoms with Crippen LogP contribution in [0.1, 0.15) is 16.4 Å². The van der Waals surface area contributed by atoms with Crippen LogP contribution in [-0.2, 0) is 0 Å². The van der Waals surface area contributed by atoms with Gasteiger partial charge in [0.1, 0.15) is 5.82 Å². The van der Waals surface area contributed by atoms with Crippen molar-refractivity contribution < 1.29 is 9.90 Å². The van der Waals surface area contributed by atoms with Crippen molar-refractivity contribution in [3.05, 3.63) is 11.6 Å². The van der Waals surface area contributed by atoms with E-state index in [-0.39, 0.29) is 24.9 Å². The number of rotatable bonds is 3. The van der Waals surface area contributed by atoms with Gasteiger partial charge in [0.05, 0.1) is 6.61 Å². The standard InChI is InChI=1S/C7H12N4O2/c1-5-8-6(10-9-5)7(13)11(2)3-4-12/h12H,3-4H2,1-2H3,(H,8,9,10). The Labute approximate surface area is 75.6 Å². The summed E-state index contributed by atoms with van der Waals surface area (Å²) in [7, 11) is 1.59. The summed E-state index contributed by atoms with van der Waals surface area (Å²) in [6.45, 7) is 1.94. The highest BCUT2D eigenvalue weighted by molar-refractivity contribution is 5.90. The maximum Gasteiger partial charge on any atom is 0.293 e. The lowest BCUT2D eigenvalue weighted by Gasteiger charge is -2.12. The van der Waals surface area contributed by atoms with Crippen molar-refractivity contribution in [2.45, 2.75) is 6.92 Å². The van der Waals surface area contributed by atoms with Crippen LogP contribution >= 0.6 is 0 Å². The number of amides is 1. The second-order valence-corrected chi connectivity index (χ2v) is 2.69. The molecule has 2 N–H and O–H groups in total. The maximum absolute atomic E-state index is 11.4. The SMILES string of the molecule is Cc1nc(C(=O)N(C)CCO)n[nH]1. The second-order valence-electron chi connectivity index (χ2n) is 2.69. The Morgan fingerprint density at radius 2 is 2.38 bits per heavy atom. The van der Waals surface area contributed by atoms with Crippen molar-refractivity contribution in [2.24, 2.45) is 0 Å². The van der Waals surface area contributed by atoms with E-state index in [1.807, 2.05) is 0 Å². The van der Waals surface area contributed by atoms with Gasteiger partial charge in [-0.05, 0) is 6.92 Å². The number of aliphatic hydroxyl groups is 1. The molecule has 13 heavy (non-hydrogen) atoms. The number of H-pyrrole nitrogens is 1. The van der Waals surface area contributed by atoms with Gasteiger partial charge in [0, 0.05) is 13.6 Å². The highest BCUT2D eigenvalue weighted by atomic mass is 16.3. The smallest absolute Gasteiger partial charge is 0.293 e. The average Bonchev–Trinajstić information content (AvgIpc) is 2.51. The summed E-state index contributed by atoms with van der Waals surface area (Å²) < 4.78 is 0. The summed E-state index contributed by atoms with van der Waals surface area (Å²) in [6, 6.07) is 0. The molecule has 1 aromatic heterocycles. The lowest BCUT2D eigenvalue weighted by Crippen LogP contribution is -2.30. The van der Waals surface area contributed by atoms with Crippen LogP contribution in [0.25, 0.3) is 0 Å². The van der Waals surface area contributed by atoms with Crippen molar-refractivity contribution in [3.63, 3.8) is 0 Å². The molecule has 0 bridgehead atoms. The highest BCUT2D eigenvalue weighted by Crippen LogP contribution is 1.96. The number of carbonyl (C=O) groups excluding carboxylic acids is 1. The molecule has 0 aliphatic carbocycles. The van der Waals surface area contributed by atoms with Gasteiger partial charge < -0.3 is 10.0 Å². The molecule has 0 radical (unpaired) electrons. The van der Waals surface area contributed by atoms with Crippen molar-refractivity contribution >= 4 is 5.91 Å². The molecule has 0 aliphatic rings. The quantitative estimate of drug-likeness (QED) is 0.642. The molecule has 0 aromatic carbocycles. The number of carbonyl (C=O) groups is 1. The van der Waals surface area contributed by atoms with E-state index in [2.05, 4.69) is 15.2 Å². The second kappa shape index (κ2) is 3.99. The number of likely N-dealkylation sites (N-methyl/N-ethyl adjacent to an activating group) is 1. The topological polar surface area (TPSA) is 82.1 Å². The fourth-order valence-corrected chi connectivity index (χ4v) is 0.861. The number of nitrogens with zero attached hydrogens (tertiary/aromatic N) is 3. The third-order valence-electron chi connectivity index (χ3n) is 1.57. The van der Waals surface area contributed by atoms with Crippen molar-refractivity contribution in [2.75, 3.05) is 20.2 Å². The van der Waals surface area contributed by atoms with Gasteiger partial charge in [-0.2, -0.15) is 0 Å². The maximum atomic E-state index is 11.4. The number of aryl methyl sites for hydroxylation is 1. The molecule has 0 unspecified atom stereocenters. The first-order valence-corrected chi connectivity index (χ1v) is 3.90. The van der Waals surface area contributed by atoms with E-state index >= 15 is 0 Å². The summed E-state index contributed by atoms with van der Waals surface area (Å²) in [6.07, 6.45) is 0. The van der Waals surface area contributed by atoms with Crippen LogP contribution in [0, 0.1) is 6.92 Å². The van der Waals surface area contributed by atoms with E-state index in [1.165, 1.54) is 4.90 Å².